The molecule has 1 aromatic carbocycles. The van der Waals surface area contributed by atoms with Crippen molar-refractivity contribution in [2.75, 3.05) is 47.4 Å². The lowest BCUT2D eigenvalue weighted by Gasteiger charge is -2.40. The average molecular weight is 405 g/mol. The van der Waals surface area contributed by atoms with Crippen LogP contribution in [0.25, 0.3) is 0 Å². The molecule has 6 nitrogen and oxygen atoms in total. The Balaban J connectivity index is 1.88. The average Bonchev–Trinajstić information content (AvgIpc) is 2.68. The summed E-state index contributed by atoms with van der Waals surface area (Å²) in [5.41, 5.74) is 1.27. The van der Waals surface area contributed by atoms with Gasteiger partial charge in [-0.15, -0.1) is 0 Å². The molecule has 2 N–H and O–H groups in total. The Hall–Kier alpha value is -1.79. The summed E-state index contributed by atoms with van der Waals surface area (Å²) in [7, 11) is 5.91. The van der Waals surface area contributed by atoms with E-state index in [1.54, 1.807) is 0 Å². The Morgan fingerprint density at radius 3 is 2.69 bits per heavy atom. The molecule has 2 unspecified atom stereocenters. The summed E-state index contributed by atoms with van der Waals surface area (Å²) in [6.07, 6.45) is 2.59. The van der Waals surface area contributed by atoms with Crippen LogP contribution in [0.2, 0.25) is 0 Å². The van der Waals surface area contributed by atoms with Crippen molar-refractivity contribution in [3.63, 3.8) is 0 Å². The first kappa shape index (κ1) is 23.5. The van der Waals surface area contributed by atoms with Gasteiger partial charge in [-0.1, -0.05) is 39.0 Å². The number of likely N-dealkylation sites (N-methyl/N-ethyl adjacent to an activating group) is 1. The lowest BCUT2D eigenvalue weighted by Crippen LogP contribution is -2.47. The number of rotatable bonds is 8. The molecule has 164 valence electrons. The molecule has 1 aromatic rings. The van der Waals surface area contributed by atoms with Crippen molar-refractivity contribution in [1.29, 1.82) is 0 Å². The van der Waals surface area contributed by atoms with E-state index in [4.69, 9.17) is 9.47 Å². The van der Waals surface area contributed by atoms with Crippen LogP contribution in [0.1, 0.15) is 39.2 Å². The summed E-state index contributed by atoms with van der Waals surface area (Å²) in [4.78, 5) is 6.51. The van der Waals surface area contributed by atoms with Crippen LogP contribution in [0, 0.1) is 11.3 Å². The molecule has 0 aliphatic carbocycles. The molecule has 0 spiro atoms. The Bertz CT molecular complexity index is 640. The zero-order chi connectivity index (χ0) is 21.3. The standard InChI is InChI=1S/C23H40N4O2/c1-23(2,3)21-19(11-9-14-29-21)17-26-22(24-4)25-16-18-10-7-8-12-20(18)28-15-13-27(5)6/h7-8,10,12,19,21H,9,11,13-17H2,1-6H3,(H2,24,25,26). The highest BCUT2D eigenvalue weighted by Crippen LogP contribution is 2.33. The van der Waals surface area contributed by atoms with Gasteiger partial charge in [0.25, 0.3) is 0 Å². The Labute approximate surface area is 177 Å². The first-order valence-corrected chi connectivity index (χ1v) is 10.7. The minimum atomic E-state index is 0.145. The molecule has 2 atom stereocenters. The second kappa shape index (κ2) is 11.4. The number of hydrogen-bond donors (Lipinski definition) is 2. The molecule has 0 amide bonds. The van der Waals surface area contributed by atoms with Crippen LogP contribution in [0.3, 0.4) is 0 Å². The van der Waals surface area contributed by atoms with Gasteiger partial charge >= 0.3 is 0 Å². The van der Waals surface area contributed by atoms with Gasteiger partial charge in [-0.05, 0) is 38.4 Å². The number of guanidine groups is 1. The Morgan fingerprint density at radius 2 is 2.00 bits per heavy atom. The van der Waals surface area contributed by atoms with Gasteiger partial charge in [0.2, 0.25) is 0 Å². The predicted octanol–water partition coefficient (Wildman–Crippen LogP) is 3.13. The summed E-state index contributed by atoms with van der Waals surface area (Å²) in [6, 6.07) is 8.17. The fourth-order valence-corrected chi connectivity index (χ4v) is 3.77. The third-order valence-electron chi connectivity index (χ3n) is 5.27. The molecule has 1 aliphatic rings. The molecular formula is C23H40N4O2. The van der Waals surface area contributed by atoms with Crippen LogP contribution in [-0.4, -0.2) is 64.4 Å². The molecular weight excluding hydrogens is 364 g/mol. The van der Waals surface area contributed by atoms with Crippen molar-refractivity contribution >= 4 is 5.96 Å². The molecule has 29 heavy (non-hydrogen) atoms. The summed E-state index contributed by atoms with van der Waals surface area (Å²) < 4.78 is 12.1. The minimum Gasteiger partial charge on any atom is -0.492 e. The molecule has 1 saturated heterocycles. The maximum atomic E-state index is 6.10. The lowest BCUT2D eigenvalue weighted by atomic mass is 9.78. The summed E-state index contributed by atoms with van der Waals surface area (Å²) in [5, 5.41) is 6.93. The second-order valence-corrected chi connectivity index (χ2v) is 9.13. The van der Waals surface area contributed by atoms with Crippen LogP contribution in [0.15, 0.2) is 29.3 Å². The maximum absolute atomic E-state index is 6.10. The van der Waals surface area contributed by atoms with E-state index < -0.39 is 0 Å². The molecule has 0 aromatic heterocycles. The molecule has 2 rings (SSSR count). The molecule has 0 radical (unpaired) electrons. The van der Waals surface area contributed by atoms with Crippen molar-refractivity contribution in [2.45, 2.75) is 46.3 Å². The van der Waals surface area contributed by atoms with Crippen LogP contribution in [-0.2, 0) is 11.3 Å². The molecule has 1 heterocycles. The monoisotopic (exact) mass is 404 g/mol. The summed E-state index contributed by atoms with van der Waals surface area (Å²) in [5.74, 6) is 2.22. The van der Waals surface area contributed by atoms with E-state index in [2.05, 4.69) is 47.4 Å². The first-order valence-electron chi connectivity index (χ1n) is 10.7. The van der Waals surface area contributed by atoms with Gasteiger partial charge in [0.05, 0.1) is 6.10 Å². The normalized spacial score (nSPS) is 20.6. The van der Waals surface area contributed by atoms with E-state index in [1.165, 1.54) is 6.42 Å². The van der Waals surface area contributed by atoms with Gasteiger partial charge in [0.15, 0.2) is 5.96 Å². The van der Waals surface area contributed by atoms with E-state index in [9.17, 15) is 0 Å². The van der Waals surface area contributed by atoms with Gasteiger partial charge in [-0.25, -0.2) is 0 Å². The van der Waals surface area contributed by atoms with Crippen molar-refractivity contribution < 1.29 is 9.47 Å². The number of nitrogens with one attached hydrogen (secondary N) is 2. The Kier molecular flexibility index (Phi) is 9.24. The zero-order valence-corrected chi connectivity index (χ0v) is 19.1. The lowest BCUT2D eigenvalue weighted by molar-refractivity contribution is -0.0835. The quantitative estimate of drug-likeness (QED) is 0.515. The van der Waals surface area contributed by atoms with Crippen LogP contribution >= 0.6 is 0 Å². The fourth-order valence-electron chi connectivity index (χ4n) is 3.77. The fraction of sp³-hybridized carbons (Fsp3) is 0.696. The van der Waals surface area contributed by atoms with E-state index in [-0.39, 0.29) is 11.5 Å². The number of ether oxygens (including phenoxy) is 2. The van der Waals surface area contributed by atoms with Crippen molar-refractivity contribution in [1.82, 2.24) is 15.5 Å². The van der Waals surface area contributed by atoms with E-state index >= 15 is 0 Å². The SMILES string of the molecule is CN=C(NCc1ccccc1OCCN(C)C)NCC1CCCOC1C(C)(C)C. The first-order chi connectivity index (χ1) is 13.8. The van der Waals surface area contributed by atoms with Crippen molar-refractivity contribution in [3.8, 4) is 5.75 Å². The highest BCUT2D eigenvalue weighted by molar-refractivity contribution is 5.79. The third-order valence-corrected chi connectivity index (χ3v) is 5.27. The molecule has 1 fully saturated rings. The summed E-state index contributed by atoms with van der Waals surface area (Å²) in [6.45, 7) is 10.7. The second-order valence-electron chi connectivity index (χ2n) is 9.13. The number of hydrogen-bond acceptors (Lipinski definition) is 4. The largest absolute Gasteiger partial charge is 0.492 e. The number of para-hydroxylation sites is 1. The number of aliphatic imine (C=N–C) groups is 1. The van der Waals surface area contributed by atoms with Crippen LogP contribution in [0.4, 0.5) is 0 Å². The highest BCUT2D eigenvalue weighted by atomic mass is 16.5. The molecule has 0 saturated carbocycles. The topological polar surface area (TPSA) is 58.1 Å². The van der Waals surface area contributed by atoms with E-state index in [0.29, 0.717) is 19.1 Å². The van der Waals surface area contributed by atoms with Crippen LogP contribution in [0.5, 0.6) is 5.75 Å². The number of benzene rings is 1. The maximum Gasteiger partial charge on any atom is 0.191 e. The van der Waals surface area contributed by atoms with E-state index in [0.717, 1.165) is 43.4 Å². The van der Waals surface area contributed by atoms with Gasteiger partial charge in [0, 0.05) is 44.8 Å². The smallest absolute Gasteiger partial charge is 0.191 e. The molecule has 1 aliphatic heterocycles. The van der Waals surface area contributed by atoms with Crippen LogP contribution < -0.4 is 15.4 Å². The predicted molar refractivity (Wildman–Crippen MR) is 121 cm³/mol. The molecule has 6 heteroatoms. The molecule has 0 bridgehead atoms. The third kappa shape index (κ3) is 7.86. The minimum absolute atomic E-state index is 0.145. The van der Waals surface area contributed by atoms with Gasteiger partial charge in [0.1, 0.15) is 12.4 Å². The zero-order valence-electron chi connectivity index (χ0n) is 19.1. The Morgan fingerprint density at radius 1 is 1.24 bits per heavy atom. The van der Waals surface area contributed by atoms with Gasteiger partial charge in [-0.3, -0.25) is 4.99 Å². The summed E-state index contributed by atoms with van der Waals surface area (Å²) >= 11 is 0. The van der Waals surface area contributed by atoms with Gasteiger partial charge < -0.3 is 25.0 Å². The highest BCUT2D eigenvalue weighted by Gasteiger charge is 2.35. The van der Waals surface area contributed by atoms with Gasteiger partial charge in [-0.2, -0.15) is 0 Å². The number of nitrogens with zero attached hydrogens (tertiary/aromatic N) is 2. The van der Waals surface area contributed by atoms with Crippen molar-refractivity contribution in [3.05, 3.63) is 29.8 Å². The van der Waals surface area contributed by atoms with E-state index in [1.807, 2.05) is 39.3 Å². The van der Waals surface area contributed by atoms with Crippen molar-refractivity contribution in [2.24, 2.45) is 16.3 Å².